The molecule has 1 aliphatic rings. The number of hydrogen-bond acceptors (Lipinski definition) is 3. The number of benzene rings is 1. The summed E-state index contributed by atoms with van der Waals surface area (Å²) in [6.45, 7) is 11.5. The lowest BCUT2D eigenvalue weighted by Crippen LogP contribution is -2.35. The maximum Gasteiger partial charge on any atom is 0.0611 e. The lowest BCUT2D eigenvalue weighted by molar-refractivity contribution is 0.0455. The zero-order chi connectivity index (χ0) is 13.2. The maximum atomic E-state index is 5.25. The Bertz CT molecular complexity index is 407. The fraction of sp³-hybridized carbons (Fsp3) is 0.600. The van der Waals surface area contributed by atoms with E-state index in [9.17, 15) is 0 Å². The molecule has 0 aliphatic carbocycles. The summed E-state index contributed by atoms with van der Waals surface area (Å²) in [4.78, 5) is 1.39. The summed E-state index contributed by atoms with van der Waals surface area (Å²) >= 11 is 1.95. The Morgan fingerprint density at radius 1 is 1.33 bits per heavy atom. The van der Waals surface area contributed by atoms with Crippen LogP contribution in [-0.4, -0.2) is 24.0 Å². The fourth-order valence-corrected chi connectivity index (χ4v) is 2.90. The lowest BCUT2D eigenvalue weighted by Gasteiger charge is -2.27. The van der Waals surface area contributed by atoms with E-state index in [-0.39, 0.29) is 5.54 Å². The van der Waals surface area contributed by atoms with Crippen molar-refractivity contribution < 1.29 is 4.74 Å². The van der Waals surface area contributed by atoms with E-state index < -0.39 is 0 Å². The third-order valence-electron chi connectivity index (χ3n) is 2.93. The second-order valence-corrected chi connectivity index (χ2v) is 7.33. The Morgan fingerprint density at radius 3 is 2.61 bits per heavy atom. The Labute approximate surface area is 114 Å². The van der Waals surface area contributed by atoms with Crippen LogP contribution in [0.15, 0.2) is 23.1 Å². The van der Waals surface area contributed by atoms with Crippen molar-refractivity contribution in [2.45, 2.75) is 49.9 Å². The second kappa shape index (κ2) is 5.64. The van der Waals surface area contributed by atoms with Gasteiger partial charge in [0.15, 0.2) is 0 Å². The van der Waals surface area contributed by atoms with Crippen molar-refractivity contribution in [2.75, 3.05) is 13.2 Å². The van der Waals surface area contributed by atoms with Crippen molar-refractivity contribution >= 4 is 11.8 Å². The lowest BCUT2D eigenvalue weighted by atomic mass is 10.1. The van der Waals surface area contributed by atoms with Gasteiger partial charge in [0.25, 0.3) is 0 Å². The number of aryl methyl sites for hydroxylation is 1. The highest BCUT2D eigenvalue weighted by Crippen LogP contribution is 2.31. The van der Waals surface area contributed by atoms with Gasteiger partial charge in [-0.1, -0.05) is 17.7 Å². The van der Waals surface area contributed by atoms with Gasteiger partial charge in [0.1, 0.15) is 0 Å². The molecule has 0 atom stereocenters. The summed E-state index contributed by atoms with van der Waals surface area (Å²) in [5.74, 6) is 0. The first-order chi connectivity index (χ1) is 8.44. The molecule has 2 rings (SSSR count). The summed E-state index contributed by atoms with van der Waals surface area (Å²) in [6, 6.07) is 6.74. The highest BCUT2D eigenvalue weighted by atomic mass is 32.2. The van der Waals surface area contributed by atoms with Crippen molar-refractivity contribution in [3.8, 4) is 0 Å². The van der Waals surface area contributed by atoms with E-state index >= 15 is 0 Å². The van der Waals surface area contributed by atoms with Gasteiger partial charge in [-0.3, -0.25) is 0 Å². The smallest absolute Gasteiger partial charge is 0.0611 e. The average molecular weight is 265 g/mol. The molecule has 3 heteroatoms. The molecule has 1 aromatic carbocycles. The van der Waals surface area contributed by atoms with Gasteiger partial charge in [-0.15, -0.1) is 11.8 Å². The summed E-state index contributed by atoms with van der Waals surface area (Å²) < 4.78 is 5.25. The third-order valence-corrected chi connectivity index (χ3v) is 4.18. The predicted molar refractivity (Wildman–Crippen MR) is 78.2 cm³/mol. The molecule has 0 aromatic heterocycles. The molecule has 1 saturated heterocycles. The van der Waals surface area contributed by atoms with Gasteiger partial charge in [0.2, 0.25) is 0 Å². The highest BCUT2D eigenvalue weighted by Gasteiger charge is 2.21. The molecule has 0 unspecified atom stereocenters. The number of rotatable bonds is 4. The largest absolute Gasteiger partial charge is 0.379 e. The summed E-state index contributed by atoms with van der Waals surface area (Å²) in [6.07, 6.45) is 0. The van der Waals surface area contributed by atoms with E-state index in [1.54, 1.807) is 0 Å². The van der Waals surface area contributed by atoms with Crippen molar-refractivity contribution in [3.63, 3.8) is 0 Å². The minimum absolute atomic E-state index is 0.158. The van der Waals surface area contributed by atoms with E-state index in [0.29, 0.717) is 5.25 Å². The average Bonchev–Trinajstić information content (AvgIpc) is 2.21. The van der Waals surface area contributed by atoms with Crippen LogP contribution in [0.2, 0.25) is 0 Å². The molecule has 1 aromatic rings. The van der Waals surface area contributed by atoms with Crippen LogP contribution >= 0.6 is 11.8 Å². The van der Waals surface area contributed by atoms with Crippen LogP contribution < -0.4 is 5.32 Å². The van der Waals surface area contributed by atoms with E-state index in [0.717, 1.165) is 19.8 Å². The molecule has 2 nitrogen and oxygen atoms in total. The van der Waals surface area contributed by atoms with E-state index in [2.05, 4.69) is 51.2 Å². The quantitative estimate of drug-likeness (QED) is 0.902. The molecule has 100 valence electrons. The first kappa shape index (κ1) is 13.9. The van der Waals surface area contributed by atoms with Crippen LogP contribution in [0.4, 0.5) is 0 Å². The van der Waals surface area contributed by atoms with E-state index in [1.807, 2.05) is 11.8 Å². The summed E-state index contributed by atoms with van der Waals surface area (Å²) in [5.41, 5.74) is 2.89. The van der Waals surface area contributed by atoms with Crippen LogP contribution in [-0.2, 0) is 11.3 Å². The molecule has 0 amide bonds. The SMILES string of the molecule is Cc1ccc(SC2COC2)c(CNC(C)(C)C)c1. The van der Waals surface area contributed by atoms with Gasteiger partial charge in [-0.25, -0.2) is 0 Å². The molecule has 0 spiro atoms. The maximum absolute atomic E-state index is 5.25. The van der Waals surface area contributed by atoms with Crippen molar-refractivity contribution in [2.24, 2.45) is 0 Å². The Morgan fingerprint density at radius 2 is 2.06 bits per heavy atom. The number of ether oxygens (including phenoxy) is 1. The van der Waals surface area contributed by atoms with Crippen LogP contribution in [0.1, 0.15) is 31.9 Å². The molecular formula is C15H23NOS. The van der Waals surface area contributed by atoms with E-state index in [1.165, 1.54) is 16.0 Å². The first-order valence-electron chi connectivity index (χ1n) is 6.53. The Hall–Kier alpha value is -0.510. The van der Waals surface area contributed by atoms with Gasteiger partial charge in [0.05, 0.1) is 18.5 Å². The molecule has 1 fully saturated rings. The van der Waals surface area contributed by atoms with Crippen LogP contribution in [0.5, 0.6) is 0 Å². The highest BCUT2D eigenvalue weighted by molar-refractivity contribution is 8.00. The predicted octanol–water partition coefficient (Wildman–Crippen LogP) is 3.37. The molecule has 18 heavy (non-hydrogen) atoms. The van der Waals surface area contributed by atoms with Crippen molar-refractivity contribution in [1.82, 2.24) is 5.32 Å². The molecule has 1 N–H and O–H groups in total. The minimum Gasteiger partial charge on any atom is -0.379 e. The van der Waals surface area contributed by atoms with Gasteiger partial charge in [-0.2, -0.15) is 0 Å². The minimum atomic E-state index is 0.158. The van der Waals surface area contributed by atoms with Crippen molar-refractivity contribution in [3.05, 3.63) is 29.3 Å². The first-order valence-corrected chi connectivity index (χ1v) is 7.41. The second-order valence-electron chi connectivity index (χ2n) is 5.99. The van der Waals surface area contributed by atoms with Gasteiger partial charge < -0.3 is 10.1 Å². The number of hydrogen-bond donors (Lipinski definition) is 1. The Balaban J connectivity index is 2.07. The Kier molecular flexibility index (Phi) is 4.36. The van der Waals surface area contributed by atoms with Crippen molar-refractivity contribution in [1.29, 1.82) is 0 Å². The standard InChI is InChI=1S/C15H23NOS/c1-11-5-6-14(18-13-9-17-10-13)12(7-11)8-16-15(2,3)4/h5-7,13,16H,8-10H2,1-4H3. The number of nitrogens with one attached hydrogen (secondary N) is 1. The monoisotopic (exact) mass is 265 g/mol. The van der Waals surface area contributed by atoms with Crippen LogP contribution in [0, 0.1) is 6.92 Å². The molecule has 0 radical (unpaired) electrons. The van der Waals surface area contributed by atoms with E-state index in [4.69, 9.17) is 4.74 Å². The van der Waals surface area contributed by atoms with Gasteiger partial charge in [0, 0.05) is 17.0 Å². The topological polar surface area (TPSA) is 21.3 Å². The molecule has 0 saturated carbocycles. The van der Waals surface area contributed by atoms with Crippen LogP contribution in [0.25, 0.3) is 0 Å². The zero-order valence-corrected chi connectivity index (χ0v) is 12.6. The summed E-state index contributed by atoms with van der Waals surface area (Å²) in [7, 11) is 0. The summed E-state index contributed by atoms with van der Waals surface area (Å²) in [5, 5.41) is 4.21. The molecule has 1 heterocycles. The number of thioether (sulfide) groups is 1. The van der Waals surface area contributed by atoms with Crippen LogP contribution in [0.3, 0.4) is 0 Å². The van der Waals surface area contributed by atoms with Gasteiger partial charge >= 0.3 is 0 Å². The zero-order valence-electron chi connectivity index (χ0n) is 11.7. The van der Waals surface area contributed by atoms with Gasteiger partial charge in [-0.05, 0) is 39.3 Å². The molecule has 0 bridgehead atoms. The molecular weight excluding hydrogens is 242 g/mol. The third kappa shape index (κ3) is 4.01. The fourth-order valence-electron chi connectivity index (χ4n) is 1.78. The normalized spacial score (nSPS) is 16.7. The molecule has 1 aliphatic heterocycles.